The SMILES string of the molecule is O=C(O)CCCC=CC[C@@H]1[C@@H](C=CC(CCc2ccc(Cl)s2)OC2CCCCO2)[C@H](OC2CCCCO2)C[C@@H]1OC1CCCCO1. The van der Waals surface area contributed by atoms with E-state index in [0.29, 0.717) is 6.42 Å². The smallest absolute Gasteiger partial charge is 0.303 e. The lowest BCUT2D eigenvalue weighted by Crippen LogP contribution is -2.31. The molecule has 5 rings (SSSR count). The van der Waals surface area contributed by atoms with Crippen molar-refractivity contribution in [3.8, 4) is 0 Å². The van der Waals surface area contributed by atoms with E-state index in [4.69, 9.17) is 45.1 Å². The quantitative estimate of drug-likeness (QED) is 0.129. The highest BCUT2D eigenvalue weighted by molar-refractivity contribution is 7.16. The molecule has 1 saturated carbocycles. The third-order valence-electron chi connectivity index (χ3n) is 9.45. The lowest BCUT2D eigenvalue weighted by Gasteiger charge is -2.30. The molecule has 0 spiro atoms. The third-order valence-corrected chi connectivity index (χ3v) is 10.7. The number of halogens is 1. The van der Waals surface area contributed by atoms with Gasteiger partial charge in [-0.05, 0) is 108 Å². The number of carboxylic acid groups (broad SMARTS) is 1. The van der Waals surface area contributed by atoms with Crippen LogP contribution in [0.2, 0.25) is 4.34 Å². The molecule has 258 valence electrons. The average molecular weight is 681 g/mol. The summed E-state index contributed by atoms with van der Waals surface area (Å²) in [6.07, 6.45) is 22.3. The Kier molecular flexibility index (Phi) is 15.4. The Labute approximate surface area is 283 Å². The number of carbonyl (C=O) groups is 1. The summed E-state index contributed by atoms with van der Waals surface area (Å²) in [6, 6.07) is 4.06. The number of allylic oxidation sites excluding steroid dienone is 2. The van der Waals surface area contributed by atoms with Gasteiger partial charge in [-0.2, -0.15) is 0 Å². The second-order valence-corrected chi connectivity index (χ2v) is 14.8. The summed E-state index contributed by atoms with van der Waals surface area (Å²) < 4.78 is 38.9. The Hall–Kier alpha value is -1.30. The fraction of sp³-hybridized carbons (Fsp3) is 0.750. The second kappa shape index (κ2) is 19.6. The molecule has 0 aromatic carbocycles. The number of aliphatic carboxylic acids is 1. The standard InChI is InChI=1S/C36H53ClO8S/c37-32-21-19-27(46-32)18-16-26(43-34-13-5-8-22-40-34)17-20-29-28(11-3-1-2-4-12-33(38)39)30(44-35-14-6-9-23-41-35)25-31(29)45-36-15-7-10-24-42-36/h1,3,17,19-21,26,28-31,34-36H,2,4-16,18,22-25H2,(H,38,39)/t26?,28-,29-,30+,31-,34?,35?,36?/m1/s1. The average Bonchev–Trinajstić information content (AvgIpc) is 3.63. The molecule has 0 radical (unpaired) electrons. The largest absolute Gasteiger partial charge is 0.481 e. The predicted octanol–water partition coefficient (Wildman–Crippen LogP) is 8.46. The molecule has 0 amide bonds. The van der Waals surface area contributed by atoms with Crippen LogP contribution in [-0.4, -0.2) is 68.1 Å². The first kappa shape index (κ1) is 36.0. The van der Waals surface area contributed by atoms with Gasteiger partial charge in [0.1, 0.15) is 0 Å². The van der Waals surface area contributed by atoms with Crippen LogP contribution in [-0.2, 0) is 39.6 Å². The minimum Gasteiger partial charge on any atom is -0.481 e. The van der Waals surface area contributed by atoms with Crippen LogP contribution in [0.15, 0.2) is 36.4 Å². The van der Waals surface area contributed by atoms with Gasteiger partial charge in [0.05, 0.1) is 22.6 Å². The molecule has 0 bridgehead atoms. The minimum atomic E-state index is -0.752. The van der Waals surface area contributed by atoms with Gasteiger partial charge >= 0.3 is 5.97 Å². The van der Waals surface area contributed by atoms with Gasteiger partial charge in [-0.3, -0.25) is 4.79 Å². The number of rotatable bonds is 17. The maximum absolute atomic E-state index is 11.0. The molecule has 1 N–H and O–H groups in total. The van der Waals surface area contributed by atoms with Crippen LogP contribution < -0.4 is 0 Å². The van der Waals surface area contributed by atoms with Gasteiger partial charge in [0, 0.05) is 43.5 Å². The van der Waals surface area contributed by atoms with E-state index in [1.807, 2.05) is 6.07 Å². The van der Waals surface area contributed by atoms with E-state index < -0.39 is 5.97 Å². The van der Waals surface area contributed by atoms with Crippen LogP contribution in [0.3, 0.4) is 0 Å². The van der Waals surface area contributed by atoms with Crippen molar-refractivity contribution in [2.75, 3.05) is 19.8 Å². The van der Waals surface area contributed by atoms with Crippen molar-refractivity contribution in [1.82, 2.24) is 0 Å². The number of hydrogen-bond acceptors (Lipinski definition) is 8. The fourth-order valence-corrected chi connectivity index (χ4v) is 8.08. The maximum atomic E-state index is 11.0. The molecule has 46 heavy (non-hydrogen) atoms. The minimum absolute atomic E-state index is 0.0238. The Balaban J connectivity index is 1.34. The molecule has 1 aromatic heterocycles. The highest BCUT2D eigenvalue weighted by Crippen LogP contribution is 2.42. The molecule has 4 aliphatic rings. The Morgan fingerprint density at radius 1 is 0.935 bits per heavy atom. The molecule has 1 aliphatic carbocycles. The van der Waals surface area contributed by atoms with Crippen molar-refractivity contribution >= 4 is 28.9 Å². The molecule has 4 heterocycles. The van der Waals surface area contributed by atoms with E-state index in [2.05, 4.69) is 30.4 Å². The highest BCUT2D eigenvalue weighted by atomic mass is 35.5. The number of thiophene rings is 1. The van der Waals surface area contributed by atoms with Crippen molar-refractivity contribution in [2.24, 2.45) is 11.8 Å². The van der Waals surface area contributed by atoms with Gasteiger partial charge < -0.3 is 33.5 Å². The number of carboxylic acids is 1. The number of aryl methyl sites for hydroxylation is 1. The summed E-state index contributed by atoms with van der Waals surface area (Å²) in [5, 5.41) is 9.04. The van der Waals surface area contributed by atoms with Crippen LogP contribution in [0.5, 0.6) is 0 Å². The summed E-state index contributed by atoms with van der Waals surface area (Å²) in [5.74, 6) is -0.482. The first-order valence-electron chi connectivity index (χ1n) is 17.6. The molecular weight excluding hydrogens is 628 g/mol. The maximum Gasteiger partial charge on any atom is 0.303 e. The Morgan fingerprint density at radius 2 is 1.61 bits per heavy atom. The normalized spacial score (nSPS) is 31.5. The zero-order valence-electron chi connectivity index (χ0n) is 27.1. The van der Waals surface area contributed by atoms with Crippen LogP contribution in [0, 0.1) is 11.8 Å². The monoisotopic (exact) mass is 680 g/mol. The summed E-state index contributed by atoms with van der Waals surface area (Å²) in [6.45, 7) is 2.22. The molecule has 8 atom stereocenters. The third kappa shape index (κ3) is 12.0. The lowest BCUT2D eigenvalue weighted by atomic mass is 9.89. The molecule has 8 nitrogen and oxygen atoms in total. The summed E-state index contributed by atoms with van der Waals surface area (Å²) >= 11 is 7.86. The Bertz CT molecular complexity index is 1080. The van der Waals surface area contributed by atoms with E-state index in [1.165, 1.54) is 4.88 Å². The zero-order valence-corrected chi connectivity index (χ0v) is 28.7. The van der Waals surface area contributed by atoms with E-state index >= 15 is 0 Å². The van der Waals surface area contributed by atoms with Crippen molar-refractivity contribution in [2.45, 2.75) is 140 Å². The number of hydrogen-bond donors (Lipinski definition) is 1. The van der Waals surface area contributed by atoms with Crippen molar-refractivity contribution in [3.63, 3.8) is 0 Å². The van der Waals surface area contributed by atoms with Crippen LogP contribution >= 0.6 is 22.9 Å². The summed E-state index contributed by atoms with van der Waals surface area (Å²) in [4.78, 5) is 12.2. The number of ether oxygens (including phenoxy) is 6. The van der Waals surface area contributed by atoms with Gasteiger partial charge in [0.15, 0.2) is 18.9 Å². The molecule has 4 unspecified atom stereocenters. The van der Waals surface area contributed by atoms with Crippen LogP contribution in [0.4, 0.5) is 0 Å². The highest BCUT2D eigenvalue weighted by Gasteiger charge is 2.45. The molecule has 10 heteroatoms. The van der Waals surface area contributed by atoms with E-state index in [9.17, 15) is 4.79 Å². The van der Waals surface area contributed by atoms with Crippen molar-refractivity contribution < 1.29 is 38.3 Å². The van der Waals surface area contributed by atoms with E-state index in [-0.39, 0.29) is 55.4 Å². The van der Waals surface area contributed by atoms with Gasteiger partial charge in [-0.15, -0.1) is 11.3 Å². The fourth-order valence-electron chi connectivity index (χ4n) is 6.98. The van der Waals surface area contributed by atoms with Crippen LogP contribution in [0.25, 0.3) is 0 Å². The first-order valence-corrected chi connectivity index (χ1v) is 18.8. The van der Waals surface area contributed by atoms with Gasteiger partial charge in [0.2, 0.25) is 0 Å². The molecule has 3 aliphatic heterocycles. The number of unbranched alkanes of at least 4 members (excludes halogenated alkanes) is 1. The Morgan fingerprint density at radius 3 is 2.22 bits per heavy atom. The van der Waals surface area contributed by atoms with E-state index in [1.54, 1.807) is 11.3 Å². The topological polar surface area (TPSA) is 92.7 Å². The summed E-state index contributed by atoms with van der Waals surface area (Å²) in [7, 11) is 0. The van der Waals surface area contributed by atoms with Crippen molar-refractivity contribution in [3.05, 3.63) is 45.7 Å². The van der Waals surface area contributed by atoms with Crippen LogP contribution in [0.1, 0.15) is 101 Å². The van der Waals surface area contributed by atoms with E-state index in [0.717, 1.165) is 114 Å². The molecular formula is C36H53ClO8S. The zero-order chi connectivity index (χ0) is 32.0. The predicted molar refractivity (Wildman–Crippen MR) is 179 cm³/mol. The van der Waals surface area contributed by atoms with Gasteiger partial charge in [0.25, 0.3) is 0 Å². The van der Waals surface area contributed by atoms with Gasteiger partial charge in [-0.1, -0.05) is 35.9 Å². The second-order valence-electron chi connectivity index (χ2n) is 13.0. The lowest BCUT2D eigenvalue weighted by molar-refractivity contribution is -0.203. The molecule has 3 saturated heterocycles. The van der Waals surface area contributed by atoms with Gasteiger partial charge in [-0.25, -0.2) is 0 Å². The molecule has 4 fully saturated rings. The molecule has 1 aromatic rings. The van der Waals surface area contributed by atoms with Crippen molar-refractivity contribution in [1.29, 1.82) is 0 Å². The summed E-state index contributed by atoms with van der Waals surface area (Å²) in [5.41, 5.74) is 0. The first-order chi connectivity index (χ1) is 22.5.